The molecule has 2 N–H and O–H groups in total. The molecule has 0 bridgehead atoms. The molecule has 2 aromatic rings. The number of rotatable bonds is 5. The van der Waals surface area contributed by atoms with Gasteiger partial charge in [0.05, 0.1) is 7.11 Å². The number of nitrogens with zero attached hydrogens (tertiary/aromatic N) is 3. The minimum absolute atomic E-state index is 0.187. The fraction of sp³-hybridized carbons (Fsp3) is 0.450. The minimum Gasteiger partial charge on any atom is -0.481 e. The van der Waals surface area contributed by atoms with Crippen LogP contribution in [0.2, 0.25) is 0 Å². The van der Waals surface area contributed by atoms with Gasteiger partial charge in [-0.25, -0.2) is 14.2 Å². The Labute approximate surface area is 163 Å². The Morgan fingerprint density at radius 1 is 1.21 bits per heavy atom. The number of carbonyl (C=O) groups excluding carboxylic acids is 1. The van der Waals surface area contributed by atoms with Crippen molar-refractivity contribution in [2.75, 3.05) is 30.8 Å². The summed E-state index contributed by atoms with van der Waals surface area (Å²) in [5, 5.41) is 6.09. The summed E-state index contributed by atoms with van der Waals surface area (Å²) < 4.78 is 19.3. The third kappa shape index (κ3) is 4.32. The predicted molar refractivity (Wildman–Crippen MR) is 104 cm³/mol. The molecule has 1 aromatic carbocycles. The van der Waals surface area contributed by atoms with Crippen molar-refractivity contribution in [3.05, 3.63) is 41.8 Å². The number of anilines is 2. The highest BCUT2D eigenvalue weighted by molar-refractivity contribution is 5.89. The lowest BCUT2D eigenvalue weighted by atomic mass is 10.1. The molecule has 1 saturated carbocycles. The number of halogens is 1. The molecule has 4 rings (SSSR count). The van der Waals surface area contributed by atoms with E-state index in [0.717, 1.165) is 31.2 Å². The highest BCUT2D eigenvalue weighted by Gasteiger charge is 2.27. The van der Waals surface area contributed by atoms with Crippen LogP contribution in [0.5, 0.6) is 5.88 Å². The van der Waals surface area contributed by atoms with Crippen LogP contribution < -0.4 is 15.4 Å². The maximum absolute atomic E-state index is 14.2. The molecule has 0 unspecified atom stereocenters. The van der Waals surface area contributed by atoms with Gasteiger partial charge in [0.25, 0.3) is 0 Å². The van der Waals surface area contributed by atoms with Gasteiger partial charge >= 0.3 is 6.03 Å². The van der Waals surface area contributed by atoms with Gasteiger partial charge in [-0.3, -0.25) is 0 Å². The number of amides is 2. The zero-order valence-electron chi connectivity index (χ0n) is 15.8. The van der Waals surface area contributed by atoms with Gasteiger partial charge in [0.2, 0.25) is 11.8 Å². The molecule has 1 aliphatic heterocycles. The Kier molecular flexibility index (Phi) is 5.27. The first-order valence-corrected chi connectivity index (χ1v) is 9.61. The number of hydrogen-bond donors (Lipinski definition) is 2. The summed E-state index contributed by atoms with van der Waals surface area (Å²) in [5.74, 6) is 1.15. The summed E-state index contributed by atoms with van der Waals surface area (Å²) in [6.07, 6.45) is 5.30. The molecule has 7 nitrogen and oxygen atoms in total. The van der Waals surface area contributed by atoms with Gasteiger partial charge in [-0.05, 0) is 49.3 Å². The summed E-state index contributed by atoms with van der Waals surface area (Å²) in [4.78, 5) is 22.7. The van der Waals surface area contributed by atoms with Crippen LogP contribution >= 0.6 is 0 Å². The third-order valence-electron chi connectivity index (χ3n) is 5.22. The number of carbonyl (C=O) groups is 1. The normalized spacial score (nSPS) is 17.3. The maximum atomic E-state index is 14.2. The topological polar surface area (TPSA) is 79.4 Å². The van der Waals surface area contributed by atoms with Gasteiger partial charge in [-0.2, -0.15) is 4.98 Å². The van der Waals surface area contributed by atoms with Crippen molar-refractivity contribution in [1.29, 1.82) is 0 Å². The molecule has 148 valence electrons. The van der Waals surface area contributed by atoms with E-state index < -0.39 is 0 Å². The number of urea groups is 1. The van der Waals surface area contributed by atoms with E-state index in [1.165, 1.54) is 6.07 Å². The lowest BCUT2D eigenvalue weighted by Gasteiger charge is -2.32. The first kappa shape index (κ1) is 18.5. The molecule has 2 amide bonds. The summed E-state index contributed by atoms with van der Waals surface area (Å²) in [5.41, 5.74) is 1.25. The number of aromatic nitrogens is 2. The number of hydrogen-bond acceptors (Lipinski definition) is 5. The summed E-state index contributed by atoms with van der Waals surface area (Å²) in [7, 11) is 1.56. The summed E-state index contributed by atoms with van der Waals surface area (Å²) in [6.45, 7) is 1.21. The van der Waals surface area contributed by atoms with E-state index in [9.17, 15) is 9.18 Å². The van der Waals surface area contributed by atoms with Gasteiger partial charge in [-0.1, -0.05) is 6.07 Å². The van der Waals surface area contributed by atoms with Crippen molar-refractivity contribution in [2.45, 2.75) is 37.6 Å². The maximum Gasteiger partial charge on any atom is 0.321 e. The fourth-order valence-electron chi connectivity index (χ4n) is 3.47. The van der Waals surface area contributed by atoms with Crippen molar-refractivity contribution in [3.8, 4) is 5.88 Å². The molecule has 28 heavy (non-hydrogen) atoms. The van der Waals surface area contributed by atoms with Crippen LogP contribution in [0.25, 0.3) is 0 Å². The zero-order valence-corrected chi connectivity index (χ0v) is 15.8. The quantitative estimate of drug-likeness (QED) is 0.822. The largest absolute Gasteiger partial charge is 0.481 e. The van der Waals surface area contributed by atoms with E-state index in [4.69, 9.17) is 4.74 Å². The molecule has 1 saturated heterocycles. The van der Waals surface area contributed by atoms with Gasteiger partial charge in [0.1, 0.15) is 5.82 Å². The number of nitrogens with one attached hydrogen (secondary N) is 2. The highest BCUT2D eigenvalue weighted by atomic mass is 19.1. The lowest BCUT2D eigenvalue weighted by Crippen LogP contribution is -2.44. The van der Waals surface area contributed by atoms with Crippen LogP contribution in [0, 0.1) is 5.82 Å². The second-order valence-corrected chi connectivity index (χ2v) is 7.27. The van der Waals surface area contributed by atoms with Crippen molar-refractivity contribution >= 4 is 17.7 Å². The fourth-order valence-corrected chi connectivity index (χ4v) is 3.47. The highest BCUT2D eigenvalue weighted by Crippen LogP contribution is 2.41. The van der Waals surface area contributed by atoms with E-state index in [2.05, 4.69) is 20.6 Å². The monoisotopic (exact) mass is 385 g/mol. The standard InChI is InChI=1S/C20H24FN5O2/c1-28-18-6-9-22-19(25-18)23-14-7-10-26(11-8-14)20(27)24-15-4-5-16(13-2-3-13)17(21)12-15/h4-6,9,12-14H,2-3,7-8,10-11H2,1H3,(H,24,27)(H,22,23,25). The molecular formula is C20H24FN5O2. The molecule has 2 heterocycles. The molecule has 0 radical (unpaired) electrons. The van der Waals surface area contributed by atoms with Crippen molar-refractivity contribution in [1.82, 2.24) is 14.9 Å². The minimum atomic E-state index is -0.235. The summed E-state index contributed by atoms with van der Waals surface area (Å²) >= 11 is 0. The van der Waals surface area contributed by atoms with Crippen LogP contribution in [-0.2, 0) is 0 Å². The van der Waals surface area contributed by atoms with Crippen LogP contribution in [0.3, 0.4) is 0 Å². The van der Waals surface area contributed by atoms with Gasteiger partial charge in [0.15, 0.2) is 0 Å². The summed E-state index contributed by atoms with van der Waals surface area (Å²) in [6, 6.07) is 6.66. The van der Waals surface area contributed by atoms with E-state index in [1.807, 2.05) is 0 Å². The molecule has 1 aliphatic carbocycles. The Morgan fingerprint density at radius 2 is 2.00 bits per heavy atom. The number of methoxy groups -OCH3 is 1. The second-order valence-electron chi connectivity index (χ2n) is 7.27. The Bertz CT molecular complexity index is 850. The SMILES string of the molecule is COc1ccnc(NC2CCN(C(=O)Nc3ccc(C4CC4)c(F)c3)CC2)n1. The first-order chi connectivity index (χ1) is 13.6. The molecule has 1 aromatic heterocycles. The molecule has 2 aliphatic rings. The Balaban J connectivity index is 1.28. The van der Waals surface area contributed by atoms with Crippen LogP contribution in [0.15, 0.2) is 30.5 Å². The van der Waals surface area contributed by atoms with Crippen LogP contribution in [-0.4, -0.2) is 47.1 Å². The van der Waals surface area contributed by atoms with Crippen molar-refractivity contribution in [2.24, 2.45) is 0 Å². The second kappa shape index (κ2) is 8.00. The van der Waals surface area contributed by atoms with Crippen molar-refractivity contribution in [3.63, 3.8) is 0 Å². The smallest absolute Gasteiger partial charge is 0.321 e. The number of benzene rings is 1. The molecular weight excluding hydrogens is 361 g/mol. The van der Waals surface area contributed by atoms with Gasteiger partial charge < -0.3 is 20.3 Å². The molecule has 0 spiro atoms. The number of ether oxygens (including phenoxy) is 1. The molecule has 8 heteroatoms. The molecule has 2 fully saturated rings. The molecule has 0 atom stereocenters. The van der Waals surface area contributed by atoms with E-state index in [1.54, 1.807) is 36.4 Å². The third-order valence-corrected chi connectivity index (χ3v) is 5.22. The Hall–Kier alpha value is -2.90. The van der Waals surface area contributed by atoms with Crippen molar-refractivity contribution < 1.29 is 13.9 Å². The lowest BCUT2D eigenvalue weighted by molar-refractivity contribution is 0.197. The van der Waals surface area contributed by atoms with E-state index >= 15 is 0 Å². The Morgan fingerprint density at radius 3 is 2.68 bits per heavy atom. The van der Waals surface area contributed by atoms with Crippen LogP contribution in [0.1, 0.15) is 37.2 Å². The predicted octanol–water partition coefficient (Wildman–Crippen LogP) is 3.61. The van der Waals surface area contributed by atoms with Gasteiger partial charge in [0, 0.05) is 37.1 Å². The number of likely N-dealkylation sites (tertiary alicyclic amines) is 1. The zero-order chi connectivity index (χ0) is 19.5. The first-order valence-electron chi connectivity index (χ1n) is 9.61. The number of piperidine rings is 1. The van der Waals surface area contributed by atoms with E-state index in [0.29, 0.717) is 36.5 Å². The average Bonchev–Trinajstić information content (AvgIpc) is 3.54. The van der Waals surface area contributed by atoms with Gasteiger partial charge in [-0.15, -0.1) is 0 Å². The van der Waals surface area contributed by atoms with E-state index in [-0.39, 0.29) is 17.9 Å². The van der Waals surface area contributed by atoms with Crippen LogP contribution in [0.4, 0.5) is 20.8 Å². The average molecular weight is 385 g/mol.